The van der Waals surface area contributed by atoms with Gasteiger partial charge in [-0.05, 0) is 30.7 Å². The summed E-state index contributed by atoms with van der Waals surface area (Å²) >= 11 is 5.84. The fourth-order valence-corrected chi connectivity index (χ4v) is 2.49. The molecule has 0 radical (unpaired) electrons. The van der Waals surface area contributed by atoms with Crippen molar-refractivity contribution < 1.29 is 14.7 Å². The minimum Gasteiger partial charge on any atom is -0.394 e. The third-order valence-electron chi connectivity index (χ3n) is 3.65. The van der Waals surface area contributed by atoms with Gasteiger partial charge in [0, 0.05) is 23.7 Å². The molecule has 2 atom stereocenters. The molecule has 7 heteroatoms. The molecule has 0 spiro atoms. The molecule has 1 aliphatic rings. The number of urea groups is 1. The zero-order chi connectivity index (χ0) is 16.1. The maximum absolute atomic E-state index is 12.1. The summed E-state index contributed by atoms with van der Waals surface area (Å²) in [4.78, 5) is 25.5. The van der Waals surface area contributed by atoms with Crippen LogP contribution in [0.2, 0.25) is 5.02 Å². The number of nitrogens with one attached hydrogen (secondary N) is 2. The Kier molecular flexibility index (Phi) is 5.63. The monoisotopic (exact) mass is 325 g/mol. The second kappa shape index (κ2) is 7.47. The van der Waals surface area contributed by atoms with Crippen LogP contribution in [0, 0.1) is 0 Å². The van der Waals surface area contributed by atoms with E-state index in [0.29, 0.717) is 18.0 Å². The van der Waals surface area contributed by atoms with Crippen LogP contribution in [0.3, 0.4) is 0 Å². The number of halogens is 1. The summed E-state index contributed by atoms with van der Waals surface area (Å²) in [5.41, 5.74) is 0.765. The van der Waals surface area contributed by atoms with Crippen molar-refractivity contribution in [3.05, 3.63) is 29.3 Å². The maximum atomic E-state index is 12.1. The maximum Gasteiger partial charge on any atom is 0.315 e. The van der Waals surface area contributed by atoms with Gasteiger partial charge in [-0.3, -0.25) is 4.79 Å². The van der Waals surface area contributed by atoms with Gasteiger partial charge in [-0.1, -0.05) is 18.5 Å². The van der Waals surface area contributed by atoms with Crippen LogP contribution in [-0.4, -0.2) is 42.3 Å². The Morgan fingerprint density at radius 3 is 2.73 bits per heavy atom. The zero-order valence-electron chi connectivity index (χ0n) is 12.4. The summed E-state index contributed by atoms with van der Waals surface area (Å²) in [6, 6.07) is 6.12. The van der Waals surface area contributed by atoms with Gasteiger partial charge >= 0.3 is 6.03 Å². The predicted octanol–water partition coefficient (Wildman–Crippen LogP) is 1.52. The van der Waals surface area contributed by atoms with Gasteiger partial charge in [0.2, 0.25) is 5.91 Å². The Morgan fingerprint density at radius 2 is 2.14 bits per heavy atom. The van der Waals surface area contributed by atoms with Crippen LogP contribution in [0.4, 0.5) is 10.5 Å². The minimum atomic E-state index is -0.364. The van der Waals surface area contributed by atoms with Gasteiger partial charge in [-0.25, -0.2) is 4.79 Å². The highest BCUT2D eigenvalue weighted by atomic mass is 35.5. The molecule has 1 heterocycles. The highest BCUT2D eigenvalue weighted by Gasteiger charge is 2.31. The van der Waals surface area contributed by atoms with E-state index in [9.17, 15) is 9.59 Å². The van der Waals surface area contributed by atoms with Crippen molar-refractivity contribution in [1.82, 2.24) is 10.6 Å². The average molecular weight is 326 g/mol. The predicted molar refractivity (Wildman–Crippen MR) is 85.0 cm³/mol. The number of carbonyl (C=O) groups excluding carboxylic acids is 2. The number of benzene rings is 1. The van der Waals surface area contributed by atoms with Gasteiger partial charge < -0.3 is 20.6 Å². The Balaban J connectivity index is 1.92. The normalized spacial score (nSPS) is 19.1. The largest absolute Gasteiger partial charge is 0.394 e. The molecule has 3 amide bonds. The third-order valence-corrected chi connectivity index (χ3v) is 3.90. The van der Waals surface area contributed by atoms with Gasteiger partial charge in [0.25, 0.3) is 0 Å². The second-order valence-electron chi connectivity index (χ2n) is 5.29. The molecule has 1 aromatic rings. The lowest BCUT2D eigenvalue weighted by Crippen LogP contribution is -2.48. The molecule has 6 nitrogen and oxygen atoms in total. The van der Waals surface area contributed by atoms with E-state index in [-0.39, 0.29) is 37.0 Å². The molecule has 1 fully saturated rings. The molecule has 120 valence electrons. The molecule has 3 N–H and O–H groups in total. The summed E-state index contributed by atoms with van der Waals surface area (Å²) < 4.78 is 0. The molecule has 0 bridgehead atoms. The van der Waals surface area contributed by atoms with E-state index in [0.717, 1.165) is 5.69 Å². The molecule has 2 unspecified atom stereocenters. The number of hydrogen-bond donors (Lipinski definition) is 3. The Morgan fingerprint density at radius 1 is 1.45 bits per heavy atom. The minimum absolute atomic E-state index is 0.0400. The van der Waals surface area contributed by atoms with Crippen LogP contribution in [0.15, 0.2) is 24.3 Å². The standard InChI is InChI=1S/C15H20ClN3O3/c1-2-11(9-20)17-15(22)18-12-7-14(21)19(8-12)13-5-3-10(16)4-6-13/h3-6,11-12,20H,2,7-9H2,1H3,(H2,17,18,22). The van der Waals surface area contributed by atoms with E-state index in [4.69, 9.17) is 16.7 Å². The fraction of sp³-hybridized carbons (Fsp3) is 0.467. The topological polar surface area (TPSA) is 81.7 Å². The van der Waals surface area contributed by atoms with E-state index in [1.807, 2.05) is 6.92 Å². The molecule has 0 saturated carbocycles. The lowest BCUT2D eigenvalue weighted by atomic mass is 10.2. The number of aliphatic hydroxyl groups is 1. The van der Waals surface area contributed by atoms with E-state index >= 15 is 0 Å². The number of rotatable bonds is 5. The van der Waals surface area contributed by atoms with Crippen LogP contribution in [0.1, 0.15) is 19.8 Å². The molecule has 1 aliphatic heterocycles. The van der Waals surface area contributed by atoms with Gasteiger partial charge in [0.05, 0.1) is 18.7 Å². The first-order valence-electron chi connectivity index (χ1n) is 7.27. The van der Waals surface area contributed by atoms with Crippen molar-refractivity contribution in [2.24, 2.45) is 0 Å². The SMILES string of the molecule is CCC(CO)NC(=O)NC1CC(=O)N(c2ccc(Cl)cc2)C1. The highest BCUT2D eigenvalue weighted by molar-refractivity contribution is 6.30. The van der Waals surface area contributed by atoms with Gasteiger partial charge in [0.15, 0.2) is 0 Å². The zero-order valence-corrected chi connectivity index (χ0v) is 13.1. The van der Waals surface area contributed by atoms with Crippen molar-refractivity contribution in [1.29, 1.82) is 0 Å². The molecule has 1 aromatic carbocycles. The molecule has 0 aliphatic carbocycles. The van der Waals surface area contributed by atoms with Gasteiger partial charge in [-0.15, -0.1) is 0 Å². The smallest absolute Gasteiger partial charge is 0.315 e. The molecular weight excluding hydrogens is 306 g/mol. The number of aliphatic hydroxyl groups excluding tert-OH is 1. The molecule has 0 aromatic heterocycles. The van der Waals surface area contributed by atoms with Gasteiger partial charge in [0.1, 0.15) is 0 Å². The Labute approximate surface area is 134 Å². The van der Waals surface area contributed by atoms with Crippen LogP contribution in [-0.2, 0) is 4.79 Å². The fourth-order valence-electron chi connectivity index (χ4n) is 2.36. The van der Waals surface area contributed by atoms with Crippen LogP contribution in [0.25, 0.3) is 0 Å². The number of anilines is 1. The summed E-state index contributed by atoms with van der Waals surface area (Å²) in [5, 5.41) is 15.1. The second-order valence-corrected chi connectivity index (χ2v) is 5.72. The van der Waals surface area contributed by atoms with Crippen LogP contribution < -0.4 is 15.5 Å². The molecule has 1 saturated heterocycles. The Bertz CT molecular complexity index is 531. The van der Waals surface area contributed by atoms with Crippen LogP contribution in [0.5, 0.6) is 0 Å². The molecular formula is C15H20ClN3O3. The van der Waals surface area contributed by atoms with Crippen molar-refractivity contribution in [2.45, 2.75) is 31.8 Å². The van der Waals surface area contributed by atoms with E-state index < -0.39 is 0 Å². The van der Waals surface area contributed by atoms with E-state index in [2.05, 4.69) is 10.6 Å². The van der Waals surface area contributed by atoms with Crippen molar-refractivity contribution >= 4 is 29.2 Å². The van der Waals surface area contributed by atoms with Crippen molar-refractivity contribution in [3.63, 3.8) is 0 Å². The average Bonchev–Trinajstić information content (AvgIpc) is 2.86. The van der Waals surface area contributed by atoms with Crippen molar-refractivity contribution in [2.75, 3.05) is 18.1 Å². The summed E-state index contributed by atoms with van der Waals surface area (Å²) in [5.74, 6) is -0.0400. The quantitative estimate of drug-likeness (QED) is 0.767. The van der Waals surface area contributed by atoms with E-state index in [1.165, 1.54) is 0 Å². The van der Waals surface area contributed by atoms with E-state index in [1.54, 1.807) is 29.2 Å². The first kappa shape index (κ1) is 16.6. The van der Waals surface area contributed by atoms with Gasteiger partial charge in [-0.2, -0.15) is 0 Å². The van der Waals surface area contributed by atoms with Crippen LogP contribution >= 0.6 is 11.6 Å². The summed E-state index contributed by atoms with van der Waals surface area (Å²) in [6.07, 6.45) is 0.899. The van der Waals surface area contributed by atoms with Crippen molar-refractivity contribution in [3.8, 4) is 0 Å². The number of carbonyl (C=O) groups is 2. The third kappa shape index (κ3) is 4.11. The lowest BCUT2D eigenvalue weighted by Gasteiger charge is -2.19. The highest BCUT2D eigenvalue weighted by Crippen LogP contribution is 2.23. The molecule has 22 heavy (non-hydrogen) atoms. The first-order valence-corrected chi connectivity index (χ1v) is 7.65. The molecule has 2 rings (SSSR count). The number of hydrogen-bond acceptors (Lipinski definition) is 3. The lowest BCUT2D eigenvalue weighted by molar-refractivity contribution is -0.117. The number of nitrogens with zero attached hydrogens (tertiary/aromatic N) is 1. The summed E-state index contributed by atoms with van der Waals surface area (Å²) in [6.45, 7) is 2.19. The summed E-state index contributed by atoms with van der Waals surface area (Å²) in [7, 11) is 0. The number of amides is 3. The first-order chi connectivity index (χ1) is 10.5. The Hall–Kier alpha value is -1.79.